The molecular formula is C20H21N3O5S. The first-order valence-electron chi connectivity index (χ1n) is 8.95. The Morgan fingerprint density at radius 3 is 2.55 bits per heavy atom. The molecule has 29 heavy (non-hydrogen) atoms. The topological polar surface area (TPSA) is 117 Å². The molecule has 1 aliphatic rings. The van der Waals surface area contributed by atoms with Crippen LogP contribution >= 0.6 is 11.3 Å². The Morgan fingerprint density at radius 2 is 1.93 bits per heavy atom. The van der Waals surface area contributed by atoms with Crippen molar-refractivity contribution in [2.45, 2.75) is 26.3 Å². The van der Waals surface area contributed by atoms with E-state index in [1.807, 2.05) is 17.5 Å². The number of carbonyl (C=O) groups is 2. The number of aryl methyl sites for hydroxylation is 2. The summed E-state index contributed by atoms with van der Waals surface area (Å²) in [5.41, 5.74) is 4.09. The molecule has 0 saturated carbocycles. The van der Waals surface area contributed by atoms with E-state index in [1.54, 1.807) is 11.3 Å². The molecule has 0 aliphatic carbocycles. The molecule has 1 aromatic carbocycles. The molecule has 4 rings (SSSR count). The Hall–Kier alpha value is -3.04. The quantitative estimate of drug-likeness (QED) is 0.624. The summed E-state index contributed by atoms with van der Waals surface area (Å²) in [6.07, 6.45) is 0. The number of nitrogens with zero attached hydrogens (tertiary/aromatic N) is 3. The van der Waals surface area contributed by atoms with Crippen molar-refractivity contribution in [3.8, 4) is 10.7 Å². The van der Waals surface area contributed by atoms with Gasteiger partial charge in [0.1, 0.15) is 0 Å². The van der Waals surface area contributed by atoms with Crippen molar-refractivity contribution >= 4 is 23.3 Å². The number of rotatable bonds is 4. The molecule has 9 heteroatoms. The summed E-state index contributed by atoms with van der Waals surface area (Å²) in [4.78, 5) is 26.2. The third-order valence-electron chi connectivity index (χ3n) is 4.57. The van der Waals surface area contributed by atoms with Crippen molar-refractivity contribution in [3.05, 3.63) is 58.3 Å². The van der Waals surface area contributed by atoms with E-state index in [9.17, 15) is 0 Å². The van der Waals surface area contributed by atoms with Gasteiger partial charge < -0.3 is 14.7 Å². The summed E-state index contributed by atoms with van der Waals surface area (Å²) in [5.74, 6) is -1.81. The molecule has 3 heterocycles. The summed E-state index contributed by atoms with van der Waals surface area (Å²) < 4.78 is 5.45. The fraction of sp³-hybridized carbons (Fsp3) is 0.300. The van der Waals surface area contributed by atoms with E-state index in [4.69, 9.17) is 24.3 Å². The largest absolute Gasteiger partial charge is 0.473 e. The van der Waals surface area contributed by atoms with E-state index in [0.29, 0.717) is 11.7 Å². The van der Waals surface area contributed by atoms with Crippen LogP contribution in [0.5, 0.6) is 0 Å². The zero-order valence-electron chi connectivity index (χ0n) is 16.0. The minimum absolute atomic E-state index is 0.362. The zero-order chi connectivity index (χ0) is 21.0. The van der Waals surface area contributed by atoms with Gasteiger partial charge in [-0.1, -0.05) is 35.0 Å². The van der Waals surface area contributed by atoms with Gasteiger partial charge in [0.05, 0.1) is 10.8 Å². The summed E-state index contributed by atoms with van der Waals surface area (Å²) in [5, 5.41) is 20.9. The number of thiophene rings is 1. The van der Waals surface area contributed by atoms with Crippen molar-refractivity contribution in [3.63, 3.8) is 0 Å². The minimum Gasteiger partial charge on any atom is -0.473 e. The number of likely N-dealkylation sites (tertiary alicyclic amines) is 1. The van der Waals surface area contributed by atoms with Crippen LogP contribution in [0.25, 0.3) is 10.7 Å². The highest BCUT2D eigenvalue weighted by Crippen LogP contribution is 2.30. The predicted octanol–water partition coefficient (Wildman–Crippen LogP) is 3.17. The molecule has 0 radical (unpaired) electrons. The van der Waals surface area contributed by atoms with Crippen LogP contribution in [0.3, 0.4) is 0 Å². The lowest BCUT2D eigenvalue weighted by Crippen LogP contribution is -2.44. The fourth-order valence-electron chi connectivity index (χ4n) is 2.97. The fourth-order valence-corrected chi connectivity index (χ4v) is 3.62. The van der Waals surface area contributed by atoms with Crippen LogP contribution in [0, 0.1) is 13.8 Å². The van der Waals surface area contributed by atoms with Crippen LogP contribution in [0.1, 0.15) is 28.5 Å². The normalized spacial score (nSPS) is 14.0. The monoisotopic (exact) mass is 415 g/mol. The number of hydrogen-bond acceptors (Lipinski definition) is 7. The van der Waals surface area contributed by atoms with E-state index in [2.05, 4.69) is 47.1 Å². The number of aromatic nitrogens is 2. The lowest BCUT2D eigenvalue weighted by atomic mass is 9.97. The molecule has 0 atom stereocenters. The Labute approximate surface area is 171 Å². The standard InChI is InChI=1S/C18H19N3OS.C2H2O4/c1-12-5-6-13(2)14(8-12)9-21-10-15(11-21)18-19-17(20-22-18)16-4-3-7-23-16;3-1(4)2(5)6/h3-8,15H,9-11H2,1-2H3;(H,3,4)(H,5,6). The van der Waals surface area contributed by atoms with E-state index in [0.717, 1.165) is 30.4 Å². The van der Waals surface area contributed by atoms with Crippen LogP contribution in [0.2, 0.25) is 0 Å². The van der Waals surface area contributed by atoms with E-state index < -0.39 is 11.9 Å². The molecule has 0 amide bonds. The Balaban J connectivity index is 0.000000353. The van der Waals surface area contributed by atoms with Crippen LogP contribution in [0.4, 0.5) is 0 Å². The van der Waals surface area contributed by atoms with Crippen molar-refractivity contribution in [2.24, 2.45) is 0 Å². The molecule has 1 saturated heterocycles. The van der Waals surface area contributed by atoms with Gasteiger partial charge in [-0.25, -0.2) is 9.59 Å². The Morgan fingerprint density at radius 1 is 1.21 bits per heavy atom. The van der Waals surface area contributed by atoms with Gasteiger partial charge in [-0.05, 0) is 36.4 Å². The predicted molar refractivity (Wildman–Crippen MR) is 107 cm³/mol. The van der Waals surface area contributed by atoms with E-state index in [-0.39, 0.29) is 0 Å². The van der Waals surface area contributed by atoms with Crippen LogP contribution in [-0.4, -0.2) is 50.3 Å². The molecule has 2 N–H and O–H groups in total. The Bertz CT molecular complexity index is 981. The molecule has 8 nitrogen and oxygen atoms in total. The first-order chi connectivity index (χ1) is 13.8. The van der Waals surface area contributed by atoms with Gasteiger partial charge in [0.25, 0.3) is 0 Å². The maximum atomic E-state index is 9.10. The van der Waals surface area contributed by atoms with Gasteiger partial charge in [-0.2, -0.15) is 4.98 Å². The molecule has 1 aliphatic heterocycles. The second kappa shape index (κ2) is 8.97. The van der Waals surface area contributed by atoms with Crippen molar-refractivity contribution in [2.75, 3.05) is 13.1 Å². The van der Waals surface area contributed by atoms with Gasteiger partial charge in [0, 0.05) is 19.6 Å². The number of carboxylic acid groups (broad SMARTS) is 2. The molecule has 0 unspecified atom stereocenters. The molecule has 0 spiro atoms. The van der Waals surface area contributed by atoms with Gasteiger partial charge in [-0.15, -0.1) is 11.3 Å². The average Bonchev–Trinajstić information content (AvgIpc) is 3.32. The van der Waals surface area contributed by atoms with Gasteiger partial charge in [-0.3, -0.25) is 4.90 Å². The molecule has 152 valence electrons. The second-order valence-electron chi connectivity index (χ2n) is 6.86. The first kappa shape index (κ1) is 20.7. The molecule has 3 aromatic rings. The van der Waals surface area contributed by atoms with Crippen LogP contribution in [0.15, 0.2) is 40.2 Å². The highest BCUT2D eigenvalue weighted by atomic mass is 32.1. The second-order valence-corrected chi connectivity index (χ2v) is 7.81. The van der Waals surface area contributed by atoms with Gasteiger partial charge in [0.2, 0.25) is 11.7 Å². The summed E-state index contributed by atoms with van der Waals surface area (Å²) in [6, 6.07) is 10.7. The smallest absolute Gasteiger partial charge is 0.414 e. The summed E-state index contributed by atoms with van der Waals surface area (Å²) in [7, 11) is 0. The van der Waals surface area contributed by atoms with Crippen LogP contribution < -0.4 is 0 Å². The molecule has 0 bridgehead atoms. The maximum absolute atomic E-state index is 9.10. The molecule has 2 aromatic heterocycles. The van der Waals surface area contributed by atoms with E-state index in [1.165, 1.54) is 16.7 Å². The van der Waals surface area contributed by atoms with Crippen LogP contribution in [-0.2, 0) is 16.1 Å². The number of hydrogen-bond donors (Lipinski definition) is 2. The highest BCUT2D eigenvalue weighted by Gasteiger charge is 2.32. The molecule has 1 fully saturated rings. The van der Waals surface area contributed by atoms with E-state index >= 15 is 0 Å². The highest BCUT2D eigenvalue weighted by molar-refractivity contribution is 7.13. The van der Waals surface area contributed by atoms with Gasteiger partial charge >= 0.3 is 11.9 Å². The van der Waals surface area contributed by atoms with Crippen molar-refractivity contribution in [1.82, 2.24) is 15.0 Å². The zero-order valence-corrected chi connectivity index (χ0v) is 16.8. The summed E-state index contributed by atoms with van der Waals surface area (Å²) >= 11 is 1.64. The molecular weight excluding hydrogens is 394 g/mol. The lowest BCUT2D eigenvalue weighted by molar-refractivity contribution is -0.159. The number of carboxylic acids is 2. The van der Waals surface area contributed by atoms with Gasteiger partial charge in [0.15, 0.2) is 0 Å². The van der Waals surface area contributed by atoms with Crippen molar-refractivity contribution in [1.29, 1.82) is 0 Å². The maximum Gasteiger partial charge on any atom is 0.414 e. The number of benzene rings is 1. The van der Waals surface area contributed by atoms with Crippen molar-refractivity contribution < 1.29 is 24.3 Å². The SMILES string of the molecule is Cc1ccc(C)c(CN2CC(c3nc(-c4cccs4)no3)C2)c1.O=C(O)C(=O)O. The average molecular weight is 415 g/mol. The Kier molecular flexibility index (Phi) is 6.40. The summed E-state index contributed by atoms with van der Waals surface area (Å²) in [6.45, 7) is 7.29. The third-order valence-corrected chi connectivity index (χ3v) is 5.44. The first-order valence-corrected chi connectivity index (χ1v) is 9.83. The number of aliphatic carboxylic acids is 2. The third kappa shape index (κ3) is 5.27. The minimum atomic E-state index is -1.82. The lowest BCUT2D eigenvalue weighted by Gasteiger charge is -2.37.